The molecule has 1 aliphatic heterocycles. The van der Waals surface area contributed by atoms with E-state index in [1.165, 1.54) is 11.1 Å². The second-order valence-corrected chi connectivity index (χ2v) is 6.60. The van der Waals surface area contributed by atoms with E-state index in [2.05, 4.69) is 10.3 Å². The van der Waals surface area contributed by atoms with Crippen molar-refractivity contribution in [2.24, 2.45) is 0 Å². The van der Waals surface area contributed by atoms with Crippen LogP contribution in [0.5, 0.6) is 0 Å². The molecule has 2 amide bonds. The molecule has 0 aliphatic carbocycles. The van der Waals surface area contributed by atoms with E-state index in [1.54, 1.807) is 13.0 Å². The van der Waals surface area contributed by atoms with Crippen molar-refractivity contribution in [3.63, 3.8) is 0 Å². The molecule has 1 aromatic carbocycles. The zero-order valence-corrected chi connectivity index (χ0v) is 14.6. The Morgan fingerprint density at radius 1 is 1.33 bits per heavy atom. The Kier molecular flexibility index (Phi) is 4.98. The molecule has 1 atom stereocenters. The van der Waals surface area contributed by atoms with Crippen LogP contribution in [-0.4, -0.2) is 22.5 Å². The highest BCUT2D eigenvalue weighted by Gasteiger charge is 2.35. The number of pyridine rings is 1. The third kappa shape index (κ3) is 3.83. The molecule has 27 heavy (non-hydrogen) atoms. The summed E-state index contributed by atoms with van der Waals surface area (Å²) >= 11 is 5.56. The summed E-state index contributed by atoms with van der Waals surface area (Å²) in [6.07, 6.45) is -3.54. The predicted molar refractivity (Wildman–Crippen MR) is 88.5 cm³/mol. The molecule has 4 nitrogen and oxygen atoms in total. The zero-order valence-electron chi connectivity index (χ0n) is 13.9. The largest absolute Gasteiger partial charge is 0.417 e. The highest BCUT2D eigenvalue weighted by molar-refractivity contribution is 6.31. The van der Waals surface area contributed by atoms with Crippen LogP contribution in [0.3, 0.4) is 0 Å². The number of halogens is 6. The number of aromatic nitrogens is 1. The summed E-state index contributed by atoms with van der Waals surface area (Å²) in [5.74, 6) is -2.23. The molecule has 0 radical (unpaired) electrons. The molecule has 0 saturated heterocycles. The van der Waals surface area contributed by atoms with Crippen LogP contribution in [0.1, 0.15) is 29.5 Å². The number of urea groups is 1. The van der Waals surface area contributed by atoms with E-state index in [0.717, 1.165) is 0 Å². The van der Waals surface area contributed by atoms with Gasteiger partial charge in [0.2, 0.25) is 5.95 Å². The van der Waals surface area contributed by atoms with Crippen LogP contribution in [0.15, 0.2) is 24.4 Å². The Balaban J connectivity index is 1.82. The second-order valence-electron chi connectivity index (χ2n) is 6.20. The highest BCUT2D eigenvalue weighted by Crippen LogP contribution is 2.37. The van der Waals surface area contributed by atoms with Crippen molar-refractivity contribution < 1.29 is 26.7 Å². The second kappa shape index (κ2) is 6.95. The van der Waals surface area contributed by atoms with Crippen LogP contribution in [0.4, 0.5) is 32.4 Å². The lowest BCUT2D eigenvalue weighted by molar-refractivity contribution is -0.137. The number of anilines is 1. The Labute approximate surface area is 155 Å². The van der Waals surface area contributed by atoms with E-state index in [1.807, 2.05) is 0 Å². The lowest BCUT2D eigenvalue weighted by Gasteiger charge is -2.33. The number of nitrogens with zero attached hydrogens (tertiary/aromatic N) is 2. The van der Waals surface area contributed by atoms with Crippen LogP contribution in [0.2, 0.25) is 5.02 Å². The topological polar surface area (TPSA) is 45.2 Å². The van der Waals surface area contributed by atoms with E-state index in [-0.39, 0.29) is 25.1 Å². The summed E-state index contributed by atoms with van der Waals surface area (Å²) < 4.78 is 66.1. The van der Waals surface area contributed by atoms with Gasteiger partial charge < -0.3 is 10.2 Å². The third-order valence-corrected chi connectivity index (χ3v) is 4.58. The van der Waals surface area contributed by atoms with Gasteiger partial charge in [-0.25, -0.2) is 14.2 Å². The van der Waals surface area contributed by atoms with Crippen molar-refractivity contribution in [1.29, 1.82) is 0 Å². The molecule has 0 spiro atoms. The minimum absolute atomic E-state index is 0.0565. The van der Waals surface area contributed by atoms with E-state index < -0.39 is 40.2 Å². The van der Waals surface area contributed by atoms with Crippen molar-refractivity contribution in [3.05, 3.63) is 57.9 Å². The number of fused-ring (bicyclic) bond motifs is 1. The quantitative estimate of drug-likeness (QED) is 0.524. The molecule has 2 heterocycles. The Hall–Kier alpha value is -2.42. The van der Waals surface area contributed by atoms with Crippen molar-refractivity contribution in [1.82, 2.24) is 9.88 Å². The summed E-state index contributed by atoms with van der Waals surface area (Å²) in [4.78, 5) is 17.3. The van der Waals surface area contributed by atoms with E-state index in [4.69, 9.17) is 11.6 Å². The van der Waals surface area contributed by atoms with E-state index >= 15 is 0 Å². The van der Waals surface area contributed by atoms with Gasteiger partial charge in [-0.05, 0) is 23.8 Å². The number of benzene rings is 1. The van der Waals surface area contributed by atoms with Crippen LogP contribution >= 0.6 is 11.6 Å². The molecule has 0 fully saturated rings. The maximum atomic E-state index is 14.0. The fourth-order valence-corrected chi connectivity index (χ4v) is 3.31. The summed E-state index contributed by atoms with van der Waals surface area (Å²) in [5.41, 5.74) is -0.840. The lowest BCUT2D eigenvalue weighted by Crippen LogP contribution is -2.40. The first-order valence-electron chi connectivity index (χ1n) is 7.83. The van der Waals surface area contributed by atoms with Gasteiger partial charge in [-0.1, -0.05) is 18.5 Å². The van der Waals surface area contributed by atoms with Gasteiger partial charge in [0.1, 0.15) is 5.82 Å². The fourth-order valence-electron chi connectivity index (χ4n) is 3.04. The molecule has 3 rings (SSSR count). The van der Waals surface area contributed by atoms with Crippen molar-refractivity contribution in [3.8, 4) is 0 Å². The highest BCUT2D eigenvalue weighted by atomic mass is 35.5. The first kappa shape index (κ1) is 19.3. The molecular formula is C17H13ClF5N3O. The fraction of sp³-hybridized carbons (Fsp3) is 0.294. The molecular weight excluding hydrogens is 393 g/mol. The summed E-state index contributed by atoms with van der Waals surface area (Å²) in [5, 5.41) is 1.48. The number of hydrogen-bond acceptors (Lipinski definition) is 2. The molecule has 144 valence electrons. The number of nitrogens with one attached hydrogen (secondary N) is 1. The van der Waals surface area contributed by atoms with Gasteiger partial charge >= 0.3 is 12.2 Å². The summed E-state index contributed by atoms with van der Waals surface area (Å²) in [7, 11) is 0. The number of rotatable bonds is 1. The van der Waals surface area contributed by atoms with Crippen molar-refractivity contribution in [2.75, 3.05) is 11.9 Å². The zero-order chi connectivity index (χ0) is 19.9. The van der Waals surface area contributed by atoms with Crippen molar-refractivity contribution in [2.45, 2.75) is 25.6 Å². The molecule has 2 aromatic rings. The van der Waals surface area contributed by atoms with Crippen LogP contribution < -0.4 is 5.32 Å². The third-order valence-electron chi connectivity index (χ3n) is 4.27. The van der Waals surface area contributed by atoms with Gasteiger partial charge in [0, 0.05) is 30.8 Å². The number of carbonyl (C=O) groups excluding carboxylic acids is 1. The SMILES string of the molecule is CC1CN(C(=O)Nc2cc(Cl)c(C(F)(F)F)cc2F)Cc2ccnc(F)c21. The number of hydrogen-bond donors (Lipinski definition) is 1. The Morgan fingerprint density at radius 3 is 2.70 bits per heavy atom. The smallest absolute Gasteiger partial charge is 0.320 e. The normalized spacial score (nSPS) is 16.9. The van der Waals surface area contributed by atoms with Gasteiger partial charge in [-0.15, -0.1) is 0 Å². The number of carbonyl (C=O) groups is 1. The maximum absolute atomic E-state index is 14.0. The minimum Gasteiger partial charge on any atom is -0.320 e. The van der Waals surface area contributed by atoms with Gasteiger partial charge in [0.05, 0.1) is 16.3 Å². The Bertz CT molecular complexity index is 903. The lowest BCUT2D eigenvalue weighted by atomic mass is 9.93. The van der Waals surface area contributed by atoms with Gasteiger partial charge in [-0.2, -0.15) is 17.6 Å². The molecule has 1 N–H and O–H groups in total. The molecule has 0 saturated carbocycles. The number of amides is 2. The molecule has 1 aliphatic rings. The monoisotopic (exact) mass is 405 g/mol. The number of alkyl halides is 3. The molecule has 0 bridgehead atoms. The average molecular weight is 406 g/mol. The molecule has 10 heteroatoms. The van der Waals surface area contributed by atoms with Gasteiger partial charge in [-0.3, -0.25) is 0 Å². The van der Waals surface area contributed by atoms with E-state index in [9.17, 15) is 26.7 Å². The molecule has 1 aromatic heterocycles. The van der Waals surface area contributed by atoms with Crippen LogP contribution in [0, 0.1) is 11.8 Å². The maximum Gasteiger partial charge on any atom is 0.417 e. The first-order valence-corrected chi connectivity index (χ1v) is 8.21. The van der Waals surface area contributed by atoms with Crippen LogP contribution in [0.25, 0.3) is 0 Å². The average Bonchev–Trinajstić information content (AvgIpc) is 2.56. The molecule has 1 unspecified atom stereocenters. The van der Waals surface area contributed by atoms with Crippen LogP contribution in [-0.2, 0) is 12.7 Å². The van der Waals surface area contributed by atoms with Gasteiger partial charge in [0.25, 0.3) is 0 Å². The van der Waals surface area contributed by atoms with Gasteiger partial charge in [0.15, 0.2) is 0 Å². The minimum atomic E-state index is -4.81. The summed E-state index contributed by atoms with van der Waals surface area (Å²) in [6.45, 7) is 1.90. The predicted octanol–water partition coefficient (Wildman–Crippen LogP) is 5.18. The Morgan fingerprint density at radius 2 is 2.04 bits per heavy atom. The van der Waals surface area contributed by atoms with E-state index in [0.29, 0.717) is 17.2 Å². The standard InChI is InChI=1S/C17H13ClF5N3O/c1-8-6-26(7-9-2-3-24-15(20)14(8)9)16(27)25-13-5-11(18)10(4-12(13)19)17(21,22)23/h2-5,8H,6-7H2,1H3,(H,25,27). The summed E-state index contributed by atoms with van der Waals surface area (Å²) in [6, 6.07) is 1.78. The first-order chi connectivity index (χ1) is 12.6. The van der Waals surface area contributed by atoms with Crippen molar-refractivity contribution >= 4 is 23.3 Å².